The molecule has 32 heavy (non-hydrogen) atoms. The second kappa shape index (κ2) is 10.6. The first-order valence-electron chi connectivity index (χ1n) is 11.3. The van der Waals surface area contributed by atoms with Gasteiger partial charge in [0.25, 0.3) is 5.69 Å². The summed E-state index contributed by atoms with van der Waals surface area (Å²) >= 11 is 0. The summed E-state index contributed by atoms with van der Waals surface area (Å²) in [4.78, 5) is 32.5. The molecule has 0 atom stereocenters. The number of hydrogen-bond acceptors (Lipinski definition) is 6. The first kappa shape index (κ1) is 22.2. The summed E-state index contributed by atoms with van der Waals surface area (Å²) in [5, 5.41) is 11.3. The first-order valence-corrected chi connectivity index (χ1v) is 11.3. The zero-order chi connectivity index (χ0) is 22.3. The van der Waals surface area contributed by atoms with E-state index in [0.717, 1.165) is 39.1 Å². The number of carbonyl (C=O) groups excluding carboxylic acids is 1. The number of nitro benzene ring substituents is 1. The number of hydrogen-bond donors (Lipinski definition) is 0. The molecule has 8 heteroatoms. The van der Waals surface area contributed by atoms with Gasteiger partial charge in [-0.25, -0.2) is 0 Å². The third kappa shape index (κ3) is 5.63. The van der Waals surface area contributed by atoms with Crippen molar-refractivity contribution in [2.45, 2.75) is 13.0 Å². The summed E-state index contributed by atoms with van der Waals surface area (Å²) in [5.74, 6) is 0.156. The Kier molecular flexibility index (Phi) is 7.34. The average Bonchev–Trinajstić information content (AvgIpc) is 3.04. The zero-order valence-corrected chi connectivity index (χ0v) is 18.4. The number of carbonyl (C=O) groups is 1. The van der Waals surface area contributed by atoms with Gasteiger partial charge in [-0.1, -0.05) is 42.5 Å². The lowest BCUT2D eigenvalue weighted by molar-refractivity contribution is -0.384. The Bertz CT molecular complexity index is 915. The van der Waals surface area contributed by atoms with Crippen molar-refractivity contribution in [2.24, 2.45) is 0 Å². The number of benzene rings is 2. The van der Waals surface area contributed by atoms with Crippen LogP contribution in [0.15, 0.2) is 54.6 Å². The molecule has 2 aromatic rings. The van der Waals surface area contributed by atoms with Crippen LogP contribution < -0.4 is 4.90 Å². The third-order valence-corrected chi connectivity index (χ3v) is 6.34. The highest BCUT2D eigenvalue weighted by molar-refractivity contribution is 5.78. The molecule has 1 amide bonds. The number of amides is 1. The molecule has 8 nitrogen and oxygen atoms in total. The van der Waals surface area contributed by atoms with Crippen LogP contribution >= 0.6 is 0 Å². The fourth-order valence-electron chi connectivity index (χ4n) is 4.56. The maximum absolute atomic E-state index is 12.9. The van der Waals surface area contributed by atoms with Crippen molar-refractivity contribution in [3.8, 4) is 0 Å². The fraction of sp³-hybridized carbons (Fsp3) is 0.458. The standard InChI is InChI=1S/C24H31N5O3/c30-24(20-26-12-6-11-25(13-14-26)19-21-7-2-1-3-8-21)28-17-15-27(16-18-28)22-9-4-5-10-23(22)29(31)32/h1-5,7-10H,6,11-20H2. The van der Waals surface area contributed by atoms with Crippen molar-refractivity contribution in [1.29, 1.82) is 0 Å². The minimum Gasteiger partial charge on any atom is -0.362 e. The highest BCUT2D eigenvalue weighted by Gasteiger charge is 2.26. The van der Waals surface area contributed by atoms with E-state index >= 15 is 0 Å². The van der Waals surface area contributed by atoms with Crippen molar-refractivity contribution in [3.05, 3.63) is 70.3 Å². The molecule has 0 aliphatic carbocycles. The van der Waals surface area contributed by atoms with Gasteiger partial charge in [-0.05, 0) is 31.1 Å². The minimum atomic E-state index is -0.340. The normalized spacial score (nSPS) is 18.4. The topological polar surface area (TPSA) is 73.2 Å². The number of nitro groups is 1. The lowest BCUT2D eigenvalue weighted by atomic mass is 10.2. The zero-order valence-electron chi connectivity index (χ0n) is 18.4. The van der Waals surface area contributed by atoms with E-state index in [4.69, 9.17) is 0 Å². The van der Waals surface area contributed by atoms with Crippen molar-refractivity contribution in [2.75, 3.05) is 63.8 Å². The van der Waals surface area contributed by atoms with Gasteiger partial charge in [-0.15, -0.1) is 0 Å². The Hall–Kier alpha value is -2.97. The molecule has 0 aromatic heterocycles. The molecule has 0 unspecified atom stereocenters. The highest BCUT2D eigenvalue weighted by atomic mass is 16.6. The quantitative estimate of drug-likeness (QED) is 0.511. The van der Waals surface area contributed by atoms with Crippen molar-refractivity contribution in [1.82, 2.24) is 14.7 Å². The SMILES string of the molecule is O=C(CN1CCCN(Cc2ccccc2)CC1)N1CCN(c2ccccc2[N+](=O)[O-])CC1. The van der Waals surface area contributed by atoms with E-state index in [2.05, 4.69) is 34.1 Å². The van der Waals surface area contributed by atoms with Crippen LogP contribution in [0, 0.1) is 10.1 Å². The number of rotatable bonds is 6. The van der Waals surface area contributed by atoms with Crippen LogP contribution in [-0.2, 0) is 11.3 Å². The molecule has 170 valence electrons. The van der Waals surface area contributed by atoms with Gasteiger partial charge >= 0.3 is 0 Å². The second-order valence-electron chi connectivity index (χ2n) is 8.51. The summed E-state index contributed by atoms with van der Waals surface area (Å²) in [6.45, 7) is 7.67. The second-order valence-corrected chi connectivity index (χ2v) is 8.51. The van der Waals surface area contributed by atoms with Gasteiger partial charge < -0.3 is 9.80 Å². The van der Waals surface area contributed by atoms with Crippen molar-refractivity contribution in [3.63, 3.8) is 0 Å². The van der Waals surface area contributed by atoms with E-state index in [1.807, 2.05) is 21.9 Å². The Labute approximate surface area is 189 Å². The highest BCUT2D eigenvalue weighted by Crippen LogP contribution is 2.28. The molecule has 2 aliphatic heterocycles. The van der Waals surface area contributed by atoms with Gasteiger partial charge in [0.15, 0.2) is 0 Å². The van der Waals surface area contributed by atoms with Gasteiger partial charge in [0.05, 0.1) is 11.5 Å². The summed E-state index contributed by atoms with van der Waals surface area (Å²) in [6, 6.07) is 17.3. The van der Waals surface area contributed by atoms with Crippen LogP contribution in [0.1, 0.15) is 12.0 Å². The van der Waals surface area contributed by atoms with Gasteiger partial charge in [0, 0.05) is 51.9 Å². The largest absolute Gasteiger partial charge is 0.362 e. The van der Waals surface area contributed by atoms with Crippen LogP contribution in [-0.4, -0.2) is 84.4 Å². The predicted molar refractivity (Wildman–Crippen MR) is 125 cm³/mol. The summed E-state index contributed by atoms with van der Waals surface area (Å²) < 4.78 is 0. The van der Waals surface area contributed by atoms with Crippen LogP contribution in [0.25, 0.3) is 0 Å². The summed E-state index contributed by atoms with van der Waals surface area (Å²) in [6.07, 6.45) is 1.06. The molecule has 0 saturated carbocycles. The average molecular weight is 438 g/mol. The number of anilines is 1. The Morgan fingerprint density at radius 1 is 0.812 bits per heavy atom. The number of para-hydroxylation sites is 2. The monoisotopic (exact) mass is 437 g/mol. The first-order chi connectivity index (χ1) is 15.6. The van der Waals surface area contributed by atoms with Gasteiger partial charge in [0.1, 0.15) is 5.69 Å². The lowest BCUT2D eigenvalue weighted by Crippen LogP contribution is -2.51. The summed E-state index contributed by atoms with van der Waals surface area (Å²) in [7, 11) is 0. The van der Waals surface area contributed by atoms with Gasteiger partial charge in [0.2, 0.25) is 5.91 Å². The molecule has 0 N–H and O–H groups in total. The third-order valence-electron chi connectivity index (χ3n) is 6.34. The molecule has 0 spiro atoms. The van der Waals surface area contributed by atoms with E-state index in [9.17, 15) is 14.9 Å². The Morgan fingerprint density at radius 2 is 1.47 bits per heavy atom. The van der Waals surface area contributed by atoms with Crippen LogP contribution in [0.4, 0.5) is 11.4 Å². The lowest BCUT2D eigenvalue weighted by Gasteiger charge is -2.36. The molecule has 2 aliphatic rings. The summed E-state index contributed by atoms with van der Waals surface area (Å²) in [5.41, 5.74) is 2.08. The van der Waals surface area contributed by atoms with Crippen molar-refractivity contribution < 1.29 is 9.72 Å². The molecule has 2 heterocycles. The maximum Gasteiger partial charge on any atom is 0.292 e. The molecule has 2 aromatic carbocycles. The molecular formula is C24H31N5O3. The van der Waals surface area contributed by atoms with E-state index in [0.29, 0.717) is 38.4 Å². The Morgan fingerprint density at radius 3 is 2.22 bits per heavy atom. The van der Waals surface area contributed by atoms with Crippen molar-refractivity contribution >= 4 is 17.3 Å². The van der Waals surface area contributed by atoms with Gasteiger partial charge in [-0.3, -0.25) is 24.7 Å². The molecule has 0 bridgehead atoms. The smallest absolute Gasteiger partial charge is 0.292 e. The Balaban J connectivity index is 1.25. The number of piperazine rings is 1. The molecule has 4 rings (SSSR count). The molecule has 2 saturated heterocycles. The van der Waals surface area contributed by atoms with Crippen LogP contribution in [0.3, 0.4) is 0 Å². The molecule has 2 fully saturated rings. The fourth-order valence-corrected chi connectivity index (χ4v) is 4.56. The molecular weight excluding hydrogens is 406 g/mol. The van der Waals surface area contributed by atoms with Crippen LogP contribution in [0.5, 0.6) is 0 Å². The number of nitrogens with zero attached hydrogens (tertiary/aromatic N) is 5. The van der Waals surface area contributed by atoms with Gasteiger partial charge in [-0.2, -0.15) is 0 Å². The minimum absolute atomic E-state index is 0.122. The van der Waals surface area contributed by atoms with E-state index in [1.54, 1.807) is 12.1 Å². The maximum atomic E-state index is 12.9. The van der Waals surface area contributed by atoms with Crippen LogP contribution in [0.2, 0.25) is 0 Å². The van der Waals surface area contributed by atoms with E-state index in [1.165, 1.54) is 11.6 Å². The molecule has 0 radical (unpaired) electrons. The predicted octanol–water partition coefficient (Wildman–Crippen LogP) is 2.45. The van der Waals surface area contributed by atoms with E-state index < -0.39 is 0 Å². The van der Waals surface area contributed by atoms with E-state index in [-0.39, 0.29) is 16.5 Å².